The Morgan fingerprint density at radius 2 is 0.724 bits per heavy atom. The smallest absolute Gasteiger partial charge is 0.143 e. The maximum Gasteiger partial charge on any atom is 0.143 e. The summed E-state index contributed by atoms with van der Waals surface area (Å²) in [6, 6.07) is 80.6. The van der Waals surface area contributed by atoms with Gasteiger partial charge < -0.3 is 9.32 Å². The highest BCUT2D eigenvalue weighted by molar-refractivity contribution is 6.19. The monoisotopic (exact) mass is 739 g/mol. The van der Waals surface area contributed by atoms with Crippen molar-refractivity contribution in [3.63, 3.8) is 0 Å². The largest absolute Gasteiger partial charge is 0.455 e. The first-order valence-electron chi connectivity index (χ1n) is 19.8. The van der Waals surface area contributed by atoms with Gasteiger partial charge in [-0.3, -0.25) is 0 Å². The van der Waals surface area contributed by atoms with Crippen LogP contribution in [-0.4, -0.2) is 0 Å². The molecule has 0 fully saturated rings. The van der Waals surface area contributed by atoms with Crippen LogP contribution in [0.5, 0.6) is 0 Å². The number of furan rings is 1. The van der Waals surface area contributed by atoms with Gasteiger partial charge in [-0.15, -0.1) is 0 Å². The lowest BCUT2D eigenvalue weighted by atomic mass is 9.91. The van der Waals surface area contributed by atoms with Crippen LogP contribution in [-0.2, 0) is 0 Å². The summed E-state index contributed by atoms with van der Waals surface area (Å²) in [4.78, 5) is 2.35. The molecule has 0 atom stereocenters. The van der Waals surface area contributed by atoms with Crippen LogP contribution in [0.25, 0.3) is 88.0 Å². The van der Waals surface area contributed by atoms with Gasteiger partial charge in [-0.05, 0) is 109 Å². The van der Waals surface area contributed by atoms with Crippen molar-refractivity contribution in [3.8, 4) is 44.5 Å². The first kappa shape index (κ1) is 33.6. The second-order valence-corrected chi connectivity index (χ2v) is 14.9. The number of hydrogen-bond donors (Lipinski definition) is 0. The molecule has 0 bridgehead atoms. The van der Waals surface area contributed by atoms with Crippen LogP contribution in [0.1, 0.15) is 0 Å². The second kappa shape index (κ2) is 14.1. The maximum atomic E-state index is 6.53. The fourth-order valence-electron chi connectivity index (χ4n) is 8.70. The van der Waals surface area contributed by atoms with E-state index in [2.05, 4.69) is 229 Å². The molecule has 0 aliphatic carbocycles. The zero-order valence-corrected chi connectivity index (χ0v) is 31.7. The first-order chi connectivity index (χ1) is 28.8. The molecule has 2 nitrogen and oxygen atoms in total. The summed E-state index contributed by atoms with van der Waals surface area (Å²) < 4.78 is 6.53. The third kappa shape index (κ3) is 5.82. The third-order valence-corrected chi connectivity index (χ3v) is 11.5. The minimum atomic E-state index is 0.898. The lowest BCUT2D eigenvalue weighted by Gasteiger charge is -2.26. The van der Waals surface area contributed by atoms with Crippen LogP contribution in [0.4, 0.5) is 17.1 Å². The fraction of sp³-hybridized carbons (Fsp3) is 0. The van der Waals surface area contributed by atoms with Crippen LogP contribution in [0.3, 0.4) is 0 Å². The Labute approximate surface area is 337 Å². The van der Waals surface area contributed by atoms with Crippen molar-refractivity contribution < 1.29 is 4.42 Å². The van der Waals surface area contributed by atoms with E-state index in [0.717, 1.165) is 55.5 Å². The Bertz CT molecular complexity index is 3230. The quantitative estimate of drug-likeness (QED) is 0.162. The van der Waals surface area contributed by atoms with Crippen LogP contribution in [0, 0.1) is 0 Å². The van der Waals surface area contributed by atoms with Gasteiger partial charge in [-0.1, -0.05) is 176 Å². The van der Waals surface area contributed by atoms with E-state index < -0.39 is 0 Å². The number of fused-ring (bicyclic) bond motifs is 6. The zero-order valence-electron chi connectivity index (χ0n) is 31.7. The van der Waals surface area contributed by atoms with Gasteiger partial charge in [-0.25, -0.2) is 0 Å². The number of rotatable bonds is 7. The molecule has 0 aliphatic rings. The van der Waals surface area contributed by atoms with Crippen molar-refractivity contribution in [1.29, 1.82) is 0 Å². The van der Waals surface area contributed by atoms with Crippen LogP contribution >= 0.6 is 0 Å². The van der Waals surface area contributed by atoms with Gasteiger partial charge >= 0.3 is 0 Å². The Morgan fingerprint density at radius 3 is 1.33 bits per heavy atom. The molecule has 11 rings (SSSR count). The summed E-state index contributed by atoms with van der Waals surface area (Å²) in [6.07, 6.45) is 0. The van der Waals surface area contributed by atoms with Gasteiger partial charge in [-0.2, -0.15) is 0 Å². The maximum absolute atomic E-state index is 6.53. The minimum Gasteiger partial charge on any atom is -0.455 e. The third-order valence-electron chi connectivity index (χ3n) is 11.5. The average molecular weight is 740 g/mol. The molecule has 10 aromatic carbocycles. The number of nitrogens with zero attached hydrogens (tertiary/aromatic N) is 1. The summed E-state index contributed by atoms with van der Waals surface area (Å²) >= 11 is 0. The van der Waals surface area contributed by atoms with Crippen molar-refractivity contribution in [3.05, 3.63) is 224 Å². The molecule has 0 amide bonds. The van der Waals surface area contributed by atoms with Gasteiger partial charge in [0.1, 0.15) is 11.2 Å². The summed E-state index contributed by atoms with van der Waals surface area (Å²) in [5.74, 6) is 0. The molecule has 0 saturated heterocycles. The van der Waals surface area contributed by atoms with Gasteiger partial charge in [0.05, 0.1) is 0 Å². The van der Waals surface area contributed by atoms with Gasteiger partial charge in [0, 0.05) is 33.2 Å². The van der Waals surface area contributed by atoms with Crippen LogP contribution in [0.15, 0.2) is 229 Å². The predicted molar refractivity (Wildman–Crippen MR) is 245 cm³/mol. The molecule has 0 radical (unpaired) electrons. The zero-order chi connectivity index (χ0) is 38.4. The average Bonchev–Trinajstić information content (AvgIpc) is 3.70. The van der Waals surface area contributed by atoms with Crippen molar-refractivity contribution in [2.75, 3.05) is 4.90 Å². The van der Waals surface area contributed by atoms with E-state index in [1.165, 1.54) is 49.5 Å². The van der Waals surface area contributed by atoms with Crippen molar-refractivity contribution in [2.45, 2.75) is 0 Å². The molecule has 0 saturated carbocycles. The highest BCUT2D eigenvalue weighted by Crippen LogP contribution is 2.43. The van der Waals surface area contributed by atoms with Crippen LogP contribution < -0.4 is 4.90 Å². The second-order valence-electron chi connectivity index (χ2n) is 14.9. The molecule has 0 aliphatic heterocycles. The topological polar surface area (TPSA) is 16.4 Å². The first-order valence-corrected chi connectivity index (χ1v) is 19.8. The minimum absolute atomic E-state index is 0.898. The molecule has 58 heavy (non-hydrogen) atoms. The summed E-state index contributed by atoms with van der Waals surface area (Å²) in [5, 5.41) is 7.09. The summed E-state index contributed by atoms with van der Waals surface area (Å²) in [7, 11) is 0. The van der Waals surface area contributed by atoms with Crippen molar-refractivity contribution in [1.82, 2.24) is 0 Å². The number of hydrogen-bond acceptors (Lipinski definition) is 2. The Balaban J connectivity index is 1.01. The lowest BCUT2D eigenvalue weighted by Crippen LogP contribution is -2.09. The van der Waals surface area contributed by atoms with E-state index in [9.17, 15) is 0 Å². The molecule has 0 unspecified atom stereocenters. The summed E-state index contributed by atoms with van der Waals surface area (Å²) in [6.45, 7) is 0. The van der Waals surface area contributed by atoms with Gasteiger partial charge in [0.25, 0.3) is 0 Å². The number of benzene rings is 10. The van der Waals surface area contributed by atoms with E-state index in [0.29, 0.717) is 0 Å². The molecule has 2 heteroatoms. The van der Waals surface area contributed by atoms with E-state index in [1.54, 1.807) is 0 Å². The van der Waals surface area contributed by atoms with Crippen LogP contribution in [0.2, 0.25) is 0 Å². The van der Waals surface area contributed by atoms with Gasteiger partial charge in [0.15, 0.2) is 0 Å². The lowest BCUT2D eigenvalue weighted by molar-refractivity contribution is 0.673. The highest BCUT2D eigenvalue weighted by Gasteiger charge is 2.18. The molecule has 11 aromatic rings. The molecule has 1 aromatic heterocycles. The van der Waals surface area contributed by atoms with E-state index in [1.807, 2.05) is 0 Å². The summed E-state index contributed by atoms with van der Waals surface area (Å²) in [5.41, 5.74) is 14.6. The Hall–Kier alpha value is -7.68. The van der Waals surface area contributed by atoms with E-state index in [-0.39, 0.29) is 0 Å². The Morgan fingerprint density at radius 1 is 0.276 bits per heavy atom. The molecular formula is C56H37NO. The highest BCUT2D eigenvalue weighted by atomic mass is 16.3. The molecule has 1 heterocycles. The standard InChI is InChI=1S/C56H37NO/c1-3-12-38(13-4-1)39-24-31-45(32-25-39)57(46-33-26-42(27-34-46)49-21-10-18-44-17-9-20-48(54(44)49)40-14-5-2-6-15-40)47-35-28-43(29-36-47)50-22-11-23-53-55(50)52-37-30-41-16-7-8-19-51(41)56(52)58-53/h1-37H. The predicted octanol–water partition coefficient (Wildman–Crippen LogP) is 16.0. The molecule has 0 N–H and O–H groups in total. The molecule has 272 valence electrons. The Kier molecular flexibility index (Phi) is 8.19. The fourth-order valence-corrected chi connectivity index (χ4v) is 8.70. The normalized spacial score (nSPS) is 11.4. The van der Waals surface area contributed by atoms with Gasteiger partial charge in [0.2, 0.25) is 0 Å². The van der Waals surface area contributed by atoms with E-state index in [4.69, 9.17) is 4.42 Å². The number of anilines is 3. The van der Waals surface area contributed by atoms with E-state index >= 15 is 0 Å². The van der Waals surface area contributed by atoms with Crippen molar-refractivity contribution in [2.24, 2.45) is 0 Å². The van der Waals surface area contributed by atoms with Crippen molar-refractivity contribution >= 4 is 60.5 Å². The molecule has 0 spiro atoms. The SMILES string of the molecule is c1ccc(-c2ccc(N(c3ccc(-c4cccc5cccc(-c6ccccc6)c45)cc3)c3ccc(-c4cccc5oc6c7ccccc7ccc6c45)cc3)cc2)cc1. The molecular weight excluding hydrogens is 703 g/mol.